The van der Waals surface area contributed by atoms with Crippen LogP contribution in [0.25, 0.3) is 0 Å². The monoisotopic (exact) mass is 295 g/mol. The van der Waals surface area contributed by atoms with Crippen molar-refractivity contribution >= 4 is 6.09 Å². The number of benzene rings is 1. The highest BCUT2D eigenvalue weighted by molar-refractivity contribution is 5.65. The van der Waals surface area contributed by atoms with E-state index in [-0.39, 0.29) is 12.7 Å². The van der Waals surface area contributed by atoms with E-state index in [1.807, 2.05) is 30.3 Å². The van der Waals surface area contributed by atoms with Crippen molar-refractivity contribution in [2.45, 2.75) is 38.4 Å². The molecule has 1 aromatic rings. The highest BCUT2D eigenvalue weighted by Gasteiger charge is 2.38. The van der Waals surface area contributed by atoms with Crippen LogP contribution in [0.4, 0.5) is 4.79 Å². The first-order valence-electron chi connectivity index (χ1n) is 6.89. The van der Waals surface area contributed by atoms with Crippen LogP contribution < -0.4 is 5.32 Å². The maximum atomic E-state index is 10.9. The summed E-state index contributed by atoms with van der Waals surface area (Å²) in [6, 6.07) is 9.25. The van der Waals surface area contributed by atoms with Crippen molar-refractivity contribution < 1.29 is 24.1 Å². The average Bonchev–Trinajstić information content (AvgIpc) is 2.79. The van der Waals surface area contributed by atoms with Crippen LogP contribution in [0.3, 0.4) is 0 Å². The topological polar surface area (TPSA) is 77.0 Å². The molecule has 0 radical (unpaired) electrons. The quantitative estimate of drug-likeness (QED) is 0.839. The van der Waals surface area contributed by atoms with Gasteiger partial charge in [-0.2, -0.15) is 0 Å². The number of carboxylic acid groups (broad SMARTS) is 1. The van der Waals surface area contributed by atoms with Crippen molar-refractivity contribution in [1.29, 1.82) is 0 Å². The molecule has 0 unspecified atom stereocenters. The molecule has 0 spiro atoms. The number of amides is 1. The summed E-state index contributed by atoms with van der Waals surface area (Å²) in [6.07, 6.45) is -1.46. The number of hydrogen-bond acceptors (Lipinski definition) is 4. The van der Waals surface area contributed by atoms with Crippen molar-refractivity contribution in [3.63, 3.8) is 0 Å². The van der Waals surface area contributed by atoms with Crippen LogP contribution >= 0.6 is 0 Å². The van der Waals surface area contributed by atoms with Gasteiger partial charge in [0, 0.05) is 0 Å². The average molecular weight is 295 g/mol. The van der Waals surface area contributed by atoms with E-state index in [0.717, 1.165) is 5.56 Å². The van der Waals surface area contributed by atoms with Gasteiger partial charge in [0.2, 0.25) is 0 Å². The van der Waals surface area contributed by atoms with E-state index in [1.54, 1.807) is 13.8 Å². The first kappa shape index (κ1) is 15.8. The zero-order valence-electron chi connectivity index (χ0n) is 12.2. The molecule has 1 aromatic carbocycles. The number of rotatable bonds is 6. The van der Waals surface area contributed by atoms with E-state index in [2.05, 4.69) is 5.32 Å². The number of nitrogens with one attached hydrogen (secondary N) is 1. The second-order valence-electron chi connectivity index (χ2n) is 5.42. The maximum Gasteiger partial charge on any atom is 0.405 e. The van der Waals surface area contributed by atoms with Gasteiger partial charge in [-0.05, 0) is 19.4 Å². The highest BCUT2D eigenvalue weighted by atomic mass is 16.7. The van der Waals surface area contributed by atoms with Gasteiger partial charge >= 0.3 is 6.09 Å². The molecule has 0 saturated carbocycles. The van der Waals surface area contributed by atoms with Crippen LogP contribution in [0.2, 0.25) is 0 Å². The van der Waals surface area contributed by atoms with E-state index in [1.165, 1.54) is 0 Å². The summed E-state index contributed by atoms with van der Waals surface area (Å²) in [5.74, 6) is -0.692. The van der Waals surface area contributed by atoms with Gasteiger partial charge in [-0.25, -0.2) is 4.79 Å². The van der Waals surface area contributed by atoms with Crippen molar-refractivity contribution in [2.24, 2.45) is 0 Å². The lowest BCUT2D eigenvalue weighted by molar-refractivity contribution is -0.143. The van der Waals surface area contributed by atoms with Gasteiger partial charge in [-0.1, -0.05) is 30.3 Å². The molecular formula is C15H21NO5. The van der Waals surface area contributed by atoms with E-state index in [4.69, 9.17) is 19.3 Å². The van der Waals surface area contributed by atoms with Crippen LogP contribution in [-0.2, 0) is 20.8 Å². The van der Waals surface area contributed by atoms with Crippen LogP contribution in [0.5, 0.6) is 0 Å². The summed E-state index contributed by atoms with van der Waals surface area (Å²) >= 11 is 0. The molecule has 1 aliphatic rings. The van der Waals surface area contributed by atoms with Gasteiger partial charge in [-0.3, -0.25) is 0 Å². The van der Waals surface area contributed by atoms with Crippen LogP contribution in [0, 0.1) is 0 Å². The third kappa shape index (κ3) is 5.00. The predicted octanol–water partition coefficient (Wildman–Crippen LogP) is 1.99. The van der Waals surface area contributed by atoms with Crippen LogP contribution in [0.15, 0.2) is 30.3 Å². The Balaban J connectivity index is 1.86. The molecule has 1 heterocycles. The molecule has 1 fully saturated rings. The van der Waals surface area contributed by atoms with Crippen molar-refractivity contribution in [3.05, 3.63) is 35.9 Å². The Morgan fingerprint density at radius 2 is 2.19 bits per heavy atom. The normalized spacial score (nSPS) is 21.9. The molecular weight excluding hydrogens is 274 g/mol. The lowest BCUT2D eigenvalue weighted by atomic mass is 10.2. The van der Waals surface area contributed by atoms with Gasteiger partial charge in [0.25, 0.3) is 0 Å². The molecule has 1 aliphatic heterocycles. The fourth-order valence-electron chi connectivity index (χ4n) is 2.19. The lowest BCUT2D eigenvalue weighted by Gasteiger charge is -2.24. The molecule has 0 bridgehead atoms. The minimum atomic E-state index is -1.10. The minimum absolute atomic E-state index is 0.227. The minimum Gasteiger partial charge on any atom is -0.465 e. The van der Waals surface area contributed by atoms with Crippen molar-refractivity contribution in [3.8, 4) is 0 Å². The Labute approximate surface area is 124 Å². The number of carbonyl (C=O) groups is 1. The molecule has 1 amide bonds. The zero-order valence-corrected chi connectivity index (χ0v) is 12.2. The van der Waals surface area contributed by atoms with Gasteiger partial charge in [-0.15, -0.1) is 0 Å². The maximum absolute atomic E-state index is 10.9. The first-order valence-corrected chi connectivity index (χ1v) is 6.89. The Hall–Kier alpha value is -1.63. The van der Waals surface area contributed by atoms with Crippen LogP contribution in [-0.4, -0.2) is 42.3 Å². The smallest absolute Gasteiger partial charge is 0.405 e. The fourth-order valence-corrected chi connectivity index (χ4v) is 2.19. The third-order valence-corrected chi connectivity index (χ3v) is 3.20. The molecule has 1 saturated heterocycles. The van der Waals surface area contributed by atoms with E-state index in [0.29, 0.717) is 13.2 Å². The Kier molecular flexibility index (Phi) is 5.17. The molecule has 2 rings (SSSR count). The second-order valence-corrected chi connectivity index (χ2v) is 5.42. The fraction of sp³-hybridized carbons (Fsp3) is 0.533. The lowest BCUT2D eigenvalue weighted by Crippen LogP contribution is -2.47. The summed E-state index contributed by atoms with van der Waals surface area (Å²) in [7, 11) is 0. The second kappa shape index (κ2) is 6.89. The summed E-state index contributed by atoms with van der Waals surface area (Å²) in [4.78, 5) is 10.9. The van der Waals surface area contributed by atoms with E-state index < -0.39 is 17.9 Å². The SMILES string of the molecule is CC1(C)OC[C@H]([C@@H](COCc2ccccc2)NC(=O)O)O1. The van der Waals surface area contributed by atoms with Crippen molar-refractivity contribution in [1.82, 2.24) is 5.32 Å². The number of ether oxygens (including phenoxy) is 3. The van der Waals surface area contributed by atoms with Crippen molar-refractivity contribution in [2.75, 3.05) is 13.2 Å². The summed E-state index contributed by atoms with van der Waals surface area (Å²) in [6.45, 7) is 4.60. The molecule has 0 aromatic heterocycles. The Morgan fingerprint density at radius 1 is 1.48 bits per heavy atom. The molecule has 2 N–H and O–H groups in total. The molecule has 6 nitrogen and oxygen atoms in total. The standard InChI is InChI=1S/C15H21NO5/c1-15(2)20-10-13(21-15)12(16-14(17)18)9-19-8-11-6-4-3-5-7-11/h3-7,12-13,16H,8-10H2,1-2H3,(H,17,18)/t12-,13-/m1/s1. The van der Waals surface area contributed by atoms with Gasteiger partial charge in [0.1, 0.15) is 6.10 Å². The molecule has 21 heavy (non-hydrogen) atoms. The first-order chi connectivity index (χ1) is 9.96. The predicted molar refractivity (Wildman–Crippen MR) is 76.0 cm³/mol. The molecule has 116 valence electrons. The van der Waals surface area contributed by atoms with E-state index >= 15 is 0 Å². The van der Waals surface area contributed by atoms with Gasteiger partial charge in [0.15, 0.2) is 5.79 Å². The molecule has 2 atom stereocenters. The summed E-state index contributed by atoms with van der Waals surface area (Å²) in [5, 5.41) is 11.4. The summed E-state index contributed by atoms with van der Waals surface area (Å²) in [5.41, 5.74) is 1.04. The molecule has 0 aliphatic carbocycles. The highest BCUT2D eigenvalue weighted by Crippen LogP contribution is 2.24. The van der Waals surface area contributed by atoms with Gasteiger partial charge < -0.3 is 24.6 Å². The van der Waals surface area contributed by atoms with Gasteiger partial charge in [0.05, 0.1) is 25.9 Å². The Bertz CT molecular complexity index is 462. The molecule has 6 heteroatoms. The van der Waals surface area contributed by atoms with E-state index in [9.17, 15) is 4.79 Å². The largest absolute Gasteiger partial charge is 0.465 e. The number of hydrogen-bond donors (Lipinski definition) is 2. The van der Waals surface area contributed by atoms with Crippen LogP contribution in [0.1, 0.15) is 19.4 Å². The summed E-state index contributed by atoms with van der Waals surface area (Å²) < 4.78 is 16.8. The third-order valence-electron chi connectivity index (χ3n) is 3.20. The zero-order chi connectivity index (χ0) is 15.3. The Morgan fingerprint density at radius 3 is 2.76 bits per heavy atom.